The molecule has 0 saturated carbocycles. The molecule has 0 spiro atoms. The van der Waals surface area contributed by atoms with Gasteiger partial charge in [-0.25, -0.2) is 4.98 Å². The van der Waals surface area contributed by atoms with Crippen LogP contribution in [-0.4, -0.2) is 4.98 Å². The average Bonchev–Trinajstić information content (AvgIpc) is 2.51. The van der Waals surface area contributed by atoms with E-state index in [0.717, 1.165) is 0 Å². The summed E-state index contributed by atoms with van der Waals surface area (Å²) in [5.41, 5.74) is 0.616. The van der Waals surface area contributed by atoms with E-state index in [9.17, 15) is 8.78 Å². The Bertz CT molecular complexity index is 269. The van der Waals surface area contributed by atoms with Crippen LogP contribution in [0.2, 0.25) is 0 Å². The van der Waals surface area contributed by atoms with Crippen molar-refractivity contribution in [2.75, 3.05) is 0 Å². The van der Waals surface area contributed by atoms with Crippen molar-refractivity contribution in [3.05, 3.63) is 17.3 Å². The van der Waals surface area contributed by atoms with Gasteiger partial charge in [0, 0.05) is 0 Å². The molecule has 0 amide bonds. The summed E-state index contributed by atoms with van der Waals surface area (Å²) in [7, 11) is 0. The van der Waals surface area contributed by atoms with Gasteiger partial charge in [0.1, 0.15) is 5.76 Å². The molecule has 0 radical (unpaired) electrons. The molecule has 0 atom stereocenters. The third-order valence-electron chi connectivity index (χ3n) is 1.58. The van der Waals surface area contributed by atoms with Gasteiger partial charge in [-0.05, 0) is 12.8 Å². The number of alkyl halides is 2. The number of nitrogens with zero attached hydrogens (tertiary/aromatic N) is 1. The molecular formula is C10H17F2NO. The zero-order chi connectivity index (χ0) is 11.3. The lowest BCUT2D eigenvalue weighted by Gasteiger charge is -1.97. The van der Waals surface area contributed by atoms with Gasteiger partial charge in [-0.3, -0.25) is 0 Å². The average molecular weight is 205 g/mol. The number of halogens is 2. The fourth-order valence-electron chi connectivity index (χ4n) is 1.06. The molecule has 0 aliphatic heterocycles. The summed E-state index contributed by atoms with van der Waals surface area (Å²) in [6, 6.07) is 0. The molecule has 14 heavy (non-hydrogen) atoms. The lowest BCUT2D eigenvalue weighted by atomic mass is 10.1. The van der Waals surface area contributed by atoms with Crippen LogP contribution in [0.5, 0.6) is 0 Å². The van der Waals surface area contributed by atoms with E-state index in [1.807, 2.05) is 27.7 Å². The highest BCUT2D eigenvalue weighted by Gasteiger charge is 2.18. The van der Waals surface area contributed by atoms with E-state index in [-0.39, 0.29) is 5.92 Å². The first-order valence-electron chi connectivity index (χ1n) is 4.77. The van der Waals surface area contributed by atoms with Crippen molar-refractivity contribution < 1.29 is 13.2 Å². The van der Waals surface area contributed by atoms with E-state index in [0.29, 0.717) is 11.5 Å². The Morgan fingerprint density at radius 3 is 1.93 bits per heavy atom. The van der Waals surface area contributed by atoms with Crippen LogP contribution in [0.25, 0.3) is 0 Å². The van der Waals surface area contributed by atoms with Crippen LogP contribution in [-0.2, 0) is 0 Å². The normalized spacial score (nSPS) is 10.4. The lowest BCUT2D eigenvalue weighted by Crippen LogP contribution is -1.90. The van der Waals surface area contributed by atoms with Crippen LogP contribution < -0.4 is 0 Å². The molecule has 0 unspecified atom stereocenters. The zero-order valence-electron chi connectivity index (χ0n) is 9.27. The SMILES string of the molecule is CC.Cc1oc(C(F)F)nc1C(C)C. The third-order valence-corrected chi connectivity index (χ3v) is 1.58. The van der Waals surface area contributed by atoms with Gasteiger partial charge in [-0.15, -0.1) is 0 Å². The van der Waals surface area contributed by atoms with Crippen LogP contribution in [0.3, 0.4) is 0 Å². The number of aryl methyl sites for hydroxylation is 1. The minimum Gasteiger partial charge on any atom is -0.440 e. The summed E-state index contributed by atoms with van der Waals surface area (Å²) in [6.45, 7) is 9.43. The van der Waals surface area contributed by atoms with Gasteiger partial charge in [0.2, 0.25) is 0 Å². The van der Waals surface area contributed by atoms with Crippen LogP contribution in [0.15, 0.2) is 4.42 Å². The Morgan fingerprint density at radius 1 is 1.21 bits per heavy atom. The quantitative estimate of drug-likeness (QED) is 0.727. The van der Waals surface area contributed by atoms with Crippen molar-refractivity contribution in [3.8, 4) is 0 Å². The van der Waals surface area contributed by atoms with Crippen LogP contribution in [0.1, 0.15) is 57.4 Å². The number of rotatable bonds is 2. The van der Waals surface area contributed by atoms with Gasteiger partial charge < -0.3 is 4.42 Å². The van der Waals surface area contributed by atoms with Crippen molar-refractivity contribution in [1.29, 1.82) is 0 Å². The molecule has 0 N–H and O–H groups in total. The fourth-order valence-corrected chi connectivity index (χ4v) is 1.06. The summed E-state index contributed by atoms with van der Waals surface area (Å²) < 4.78 is 28.9. The van der Waals surface area contributed by atoms with Crippen molar-refractivity contribution >= 4 is 0 Å². The van der Waals surface area contributed by atoms with Gasteiger partial charge in [-0.2, -0.15) is 8.78 Å². The second-order valence-electron chi connectivity index (χ2n) is 2.95. The molecule has 0 aromatic carbocycles. The minimum atomic E-state index is -2.61. The molecule has 1 heterocycles. The van der Waals surface area contributed by atoms with Crippen LogP contribution in [0.4, 0.5) is 8.78 Å². The summed E-state index contributed by atoms with van der Waals surface area (Å²) in [6.07, 6.45) is -2.61. The second kappa shape index (κ2) is 5.73. The van der Waals surface area contributed by atoms with Gasteiger partial charge in [0.15, 0.2) is 0 Å². The number of hydrogen-bond donors (Lipinski definition) is 0. The van der Waals surface area contributed by atoms with E-state index in [4.69, 9.17) is 4.42 Å². The predicted octanol–water partition coefficient (Wildman–Crippen LogP) is 4.07. The number of hydrogen-bond acceptors (Lipinski definition) is 2. The summed E-state index contributed by atoms with van der Waals surface area (Å²) in [5.74, 6) is 0.137. The molecule has 1 aromatic rings. The molecule has 0 aliphatic rings. The third kappa shape index (κ3) is 3.09. The van der Waals surface area contributed by atoms with E-state index in [2.05, 4.69) is 4.98 Å². The van der Waals surface area contributed by atoms with Gasteiger partial charge >= 0.3 is 6.43 Å². The molecular weight excluding hydrogens is 188 g/mol. The Hall–Kier alpha value is -0.930. The van der Waals surface area contributed by atoms with Crippen molar-refractivity contribution in [2.24, 2.45) is 0 Å². The van der Waals surface area contributed by atoms with E-state index < -0.39 is 12.3 Å². The Balaban J connectivity index is 0.000000791. The van der Waals surface area contributed by atoms with Crippen LogP contribution in [0, 0.1) is 6.92 Å². The molecule has 2 nitrogen and oxygen atoms in total. The number of oxazole rings is 1. The standard InChI is InChI=1S/C8H11F2NO.C2H6/c1-4(2)6-5(3)12-8(11-6)7(9)10;1-2/h4,7H,1-3H3;1-2H3. The lowest BCUT2D eigenvalue weighted by molar-refractivity contribution is 0.114. The van der Waals surface area contributed by atoms with Crippen molar-refractivity contribution in [3.63, 3.8) is 0 Å². The van der Waals surface area contributed by atoms with Gasteiger partial charge in [-0.1, -0.05) is 27.7 Å². The molecule has 4 heteroatoms. The Labute approximate surface area is 83.3 Å². The van der Waals surface area contributed by atoms with Crippen molar-refractivity contribution in [2.45, 2.75) is 47.0 Å². The highest BCUT2D eigenvalue weighted by atomic mass is 19.3. The zero-order valence-corrected chi connectivity index (χ0v) is 9.27. The fraction of sp³-hybridized carbons (Fsp3) is 0.700. The first-order valence-corrected chi connectivity index (χ1v) is 4.77. The smallest absolute Gasteiger partial charge is 0.313 e. The van der Waals surface area contributed by atoms with E-state index >= 15 is 0 Å². The molecule has 0 aliphatic carbocycles. The predicted molar refractivity (Wildman–Crippen MR) is 51.6 cm³/mol. The maximum Gasteiger partial charge on any atom is 0.313 e. The first-order chi connectivity index (χ1) is 6.52. The first kappa shape index (κ1) is 13.1. The van der Waals surface area contributed by atoms with Gasteiger partial charge in [0.05, 0.1) is 5.69 Å². The van der Waals surface area contributed by atoms with E-state index in [1.165, 1.54) is 0 Å². The van der Waals surface area contributed by atoms with Crippen molar-refractivity contribution in [1.82, 2.24) is 4.98 Å². The molecule has 0 bridgehead atoms. The maximum atomic E-state index is 12.1. The Kier molecular flexibility index (Phi) is 5.35. The molecule has 1 aromatic heterocycles. The molecule has 0 saturated heterocycles. The molecule has 82 valence electrons. The maximum absolute atomic E-state index is 12.1. The minimum absolute atomic E-state index is 0.126. The topological polar surface area (TPSA) is 26.0 Å². The van der Waals surface area contributed by atoms with Crippen LogP contribution >= 0.6 is 0 Å². The van der Waals surface area contributed by atoms with E-state index in [1.54, 1.807) is 6.92 Å². The summed E-state index contributed by atoms with van der Waals surface area (Å²) in [4.78, 5) is 3.69. The summed E-state index contributed by atoms with van der Waals surface area (Å²) in [5, 5.41) is 0. The molecule has 0 fully saturated rings. The van der Waals surface area contributed by atoms with Gasteiger partial charge in [0.25, 0.3) is 5.89 Å². The second-order valence-corrected chi connectivity index (χ2v) is 2.95. The molecule has 1 rings (SSSR count). The highest BCUT2D eigenvalue weighted by molar-refractivity contribution is 5.12. The number of aromatic nitrogens is 1. The monoisotopic (exact) mass is 205 g/mol. The summed E-state index contributed by atoms with van der Waals surface area (Å²) >= 11 is 0. The highest BCUT2D eigenvalue weighted by Crippen LogP contribution is 2.24. The largest absolute Gasteiger partial charge is 0.440 e. The Morgan fingerprint density at radius 2 is 1.71 bits per heavy atom.